The number of halogens is 1. The van der Waals surface area contributed by atoms with Crippen molar-refractivity contribution in [1.29, 1.82) is 0 Å². The van der Waals surface area contributed by atoms with Gasteiger partial charge < -0.3 is 9.84 Å². The summed E-state index contributed by atoms with van der Waals surface area (Å²) >= 11 is 1.10. The van der Waals surface area contributed by atoms with Crippen molar-refractivity contribution in [1.82, 2.24) is 4.98 Å². The number of Topliss-reactive ketones (excluding diaryl/α,β-unsaturated/α-hetero) is 1. The maximum atomic E-state index is 13.9. The number of fused-ring (bicyclic) bond motifs is 1. The van der Waals surface area contributed by atoms with Gasteiger partial charge >= 0.3 is 5.91 Å². The van der Waals surface area contributed by atoms with E-state index in [0.29, 0.717) is 33.7 Å². The Bertz CT molecular complexity index is 1780. The van der Waals surface area contributed by atoms with Crippen molar-refractivity contribution in [3.8, 4) is 5.75 Å². The molecule has 1 saturated heterocycles. The van der Waals surface area contributed by atoms with Crippen LogP contribution in [0.25, 0.3) is 16.0 Å². The molecule has 6 nitrogen and oxygen atoms in total. The maximum absolute atomic E-state index is 13.9. The number of hydrogen-bond acceptors (Lipinski definition) is 6. The molecule has 5 aromatic rings. The standard InChI is InChI=1S/C32H23FN2O4S/c1-19-10-12-21(13-11-19)29(36)27-28(22-8-5-9-24(16-22)39-18-20-6-3-2-4-7-20)35(31(38)30(27)37)32-34-25-15-14-23(33)17-26(25)40-32/h2-17,28,36H,18H2,1H3. The normalized spacial score (nSPS) is 16.6. The molecule has 1 atom stereocenters. The molecule has 1 fully saturated rings. The minimum atomic E-state index is -0.980. The molecule has 1 aliphatic rings. The summed E-state index contributed by atoms with van der Waals surface area (Å²) in [7, 11) is 0. The van der Waals surface area contributed by atoms with Crippen LogP contribution in [-0.4, -0.2) is 21.8 Å². The number of aromatic nitrogens is 1. The number of ether oxygens (including phenoxy) is 1. The maximum Gasteiger partial charge on any atom is 0.301 e. The molecule has 0 saturated carbocycles. The van der Waals surface area contributed by atoms with E-state index in [4.69, 9.17) is 4.74 Å². The van der Waals surface area contributed by atoms with Crippen molar-refractivity contribution >= 4 is 44.1 Å². The lowest BCUT2D eigenvalue weighted by atomic mass is 9.95. The Morgan fingerprint density at radius 3 is 2.52 bits per heavy atom. The number of aliphatic hydroxyl groups excluding tert-OH is 1. The van der Waals surface area contributed by atoms with Gasteiger partial charge in [0.05, 0.1) is 21.8 Å². The first kappa shape index (κ1) is 25.5. The van der Waals surface area contributed by atoms with Crippen LogP contribution in [0, 0.1) is 12.7 Å². The van der Waals surface area contributed by atoms with E-state index in [1.54, 1.807) is 36.4 Å². The molecule has 2 heterocycles. The number of benzene rings is 4. The molecule has 0 spiro atoms. The van der Waals surface area contributed by atoms with Crippen LogP contribution in [-0.2, 0) is 16.2 Å². The third-order valence-corrected chi connectivity index (χ3v) is 7.75. The van der Waals surface area contributed by atoms with Crippen molar-refractivity contribution in [2.45, 2.75) is 19.6 Å². The van der Waals surface area contributed by atoms with Gasteiger partial charge in [0.25, 0.3) is 5.78 Å². The lowest BCUT2D eigenvalue weighted by Gasteiger charge is -2.23. The van der Waals surface area contributed by atoms with Crippen molar-refractivity contribution < 1.29 is 23.8 Å². The predicted octanol–water partition coefficient (Wildman–Crippen LogP) is 6.95. The molecule has 1 unspecified atom stereocenters. The van der Waals surface area contributed by atoms with Gasteiger partial charge in [0, 0.05) is 5.56 Å². The minimum Gasteiger partial charge on any atom is -0.507 e. The zero-order valence-electron chi connectivity index (χ0n) is 21.4. The molecular weight excluding hydrogens is 527 g/mol. The summed E-state index contributed by atoms with van der Waals surface area (Å²) in [4.78, 5) is 32.8. The number of carbonyl (C=O) groups is 2. The van der Waals surface area contributed by atoms with Gasteiger partial charge in [-0.05, 0) is 48.4 Å². The molecule has 8 heteroatoms. The van der Waals surface area contributed by atoms with Gasteiger partial charge in [0.15, 0.2) is 5.13 Å². The van der Waals surface area contributed by atoms with E-state index in [0.717, 1.165) is 22.5 Å². The highest BCUT2D eigenvalue weighted by Gasteiger charge is 2.48. The second kappa shape index (κ2) is 10.4. The van der Waals surface area contributed by atoms with Crippen LogP contribution in [0.5, 0.6) is 5.75 Å². The van der Waals surface area contributed by atoms with Gasteiger partial charge in [0.1, 0.15) is 23.9 Å². The number of aliphatic hydroxyl groups is 1. The molecule has 4 aromatic carbocycles. The van der Waals surface area contributed by atoms with Crippen molar-refractivity contribution in [2.75, 3.05) is 4.90 Å². The summed E-state index contributed by atoms with van der Waals surface area (Å²) in [6.07, 6.45) is 0. The van der Waals surface area contributed by atoms with Gasteiger partial charge in [0.2, 0.25) is 0 Å². The van der Waals surface area contributed by atoms with Gasteiger partial charge in [-0.25, -0.2) is 9.37 Å². The summed E-state index contributed by atoms with van der Waals surface area (Å²) < 4.78 is 20.5. The topological polar surface area (TPSA) is 79.7 Å². The molecule has 1 aromatic heterocycles. The van der Waals surface area contributed by atoms with Crippen LogP contribution in [0.15, 0.2) is 103 Å². The van der Waals surface area contributed by atoms with E-state index in [1.165, 1.54) is 23.1 Å². The first-order valence-electron chi connectivity index (χ1n) is 12.6. The van der Waals surface area contributed by atoms with Gasteiger partial charge in [-0.2, -0.15) is 0 Å². The first-order chi connectivity index (χ1) is 19.4. The average Bonchev–Trinajstić information content (AvgIpc) is 3.50. The Balaban J connectivity index is 1.47. The van der Waals surface area contributed by atoms with E-state index in [9.17, 15) is 19.1 Å². The molecule has 6 rings (SSSR count). The number of aryl methyl sites for hydroxylation is 1. The van der Waals surface area contributed by atoms with Crippen LogP contribution in [0.4, 0.5) is 9.52 Å². The molecule has 1 aliphatic heterocycles. The summed E-state index contributed by atoms with van der Waals surface area (Å²) in [5.41, 5.74) is 3.39. The third-order valence-electron chi connectivity index (χ3n) is 6.74. The number of thiazole rings is 1. The fraction of sp³-hybridized carbons (Fsp3) is 0.0938. The Labute approximate surface area is 233 Å². The van der Waals surface area contributed by atoms with E-state index in [-0.39, 0.29) is 16.5 Å². The van der Waals surface area contributed by atoms with Crippen LogP contribution in [0.2, 0.25) is 0 Å². The van der Waals surface area contributed by atoms with Gasteiger partial charge in [-0.1, -0.05) is 83.6 Å². The van der Waals surface area contributed by atoms with E-state index < -0.39 is 23.5 Å². The zero-order chi connectivity index (χ0) is 27.8. The fourth-order valence-corrected chi connectivity index (χ4v) is 5.73. The number of carbonyl (C=O) groups excluding carboxylic acids is 2. The second-order valence-corrected chi connectivity index (χ2v) is 10.5. The van der Waals surface area contributed by atoms with E-state index in [1.807, 2.05) is 49.4 Å². The number of amides is 1. The minimum absolute atomic E-state index is 0.0560. The SMILES string of the molecule is Cc1ccc(C(O)=C2C(=O)C(=O)N(c3nc4ccc(F)cc4s3)C2c2cccc(OCc3ccccc3)c2)cc1. The summed E-state index contributed by atoms with van der Waals surface area (Å²) in [5.74, 6) is -1.83. The zero-order valence-corrected chi connectivity index (χ0v) is 22.2. The highest BCUT2D eigenvalue weighted by atomic mass is 32.1. The van der Waals surface area contributed by atoms with Crippen molar-refractivity contribution in [3.63, 3.8) is 0 Å². The third kappa shape index (κ3) is 4.74. The van der Waals surface area contributed by atoms with E-state index >= 15 is 0 Å². The average molecular weight is 551 g/mol. The van der Waals surface area contributed by atoms with Crippen LogP contribution >= 0.6 is 11.3 Å². The number of nitrogens with zero attached hydrogens (tertiary/aromatic N) is 2. The van der Waals surface area contributed by atoms with E-state index in [2.05, 4.69) is 4.98 Å². The molecule has 40 heavy (non-hydrogen) atoms. The van der Waals surface area contributed by atoms with Gasteiger partial charge in [-0.3, -0.25) is 14.5 Å². The predicted molar refractivity (Wildman–Crippen MR) is 153 cm³/mol. The largest absolute Gasteiger partial charge is 0.507 e. The smallest absolute Gasteiger partial charge is 0.301 e. The van der Waals surface area contributed by atoms with Crippen molar-refractivity contribution in [2.24, 2.45) is 0 Å². The number of ketones is 1. The molecule has 0 radical (unpaired) electrons. The number of anilines is 1. The second-order valence-electron chi connectivity index (χ2n) is 9.49. The molecule has 1 N–H and O–H groups in total. The highest BCUT2D eigenvalue weighted by Crippen LogP contribution is 2.45. The van der Waals surface area contributed by atoms with Crippen LogP contribution in [0.1, 0.15) is 28.3 Å². The van der Waals surface area contributed by atoms with Crippen molar-refractivity contribution in [3.05, 3.63) is 131 Å². The Hall–Kier alpha value is -4.82. The number of hydrogen-bond donors (Lipinski definition) is 1. The summed E-state index contributed by atoms with van der Waals surface area (Å²) in [6.45, 7) is 2.25. The quantitative estimate of drug-likeness (QED) is 0.141. The van der Waals surface area contributed by atoms with Crippen LogP contribution in [0.3, 0.4) is 0 Å². The fourth-order valence-electron chi connectivity index (χ4n) is 4.72. The summed E-state index contributed by atoms with van der Waals surface area (Å²) in [5, 5.41) is 11.6. The number of rotatable bonds is 6. The highest BCUT2D eigenvalue weighted by molar-refractivity contribution is 7.22. The summed E-state index contributed by atoms with van der Waals surface area (Å²) in [6, 6.07) is 27.0. The molecule has 0 bridgehead atoms. The molecule has 198 valence electrons. The lowest BCUT2D eigenvalue weighted by molar-refractivity contribution is -0.132. The Kier molecular flexibility index (Phi) is 6.61. The van der Waals surface area contributed by atoms with Crippen LogP contribution < -0.4 is 9.64 Å². The monoisotopic (exact) mass is 550 g/mol. The Morgan fingerprint density at radius 2 is 1.75 bits per heavy atom. The van der Waals surface area contributed by atoms with Gasteiger partial charge in [-0.15, -0.1) is 0 Å². The lowest BCUT2D eigenvalue weighted by Crippen LogP contribution is -2.29. The Morgan fingerprint density at radius 1 is 0.975 bits per heavy atom. The first-order valence-corrected chi connectivity index (χ1v) is 13.4. The molecule has 1 amide bonds. The molecular formula is C32H23FN2O4S. The molecule has 0 aliphatic carbocycles.